The van der Waals surface area contributed by atoms with Crippen LogP contribution in [0, 0.1) is 13.8 Å². The van der Waals surface area contributed by atoms with Gasteiger partial charge in [-0.2, -0.15) is 0 Å². The van der Waals surface area contributed by atoms with Gasteiger partial charge in [0.25, 0.3) is 15.9 Å². The largest absolute Gasteiger partial charge is 0.496 e. The molecule has 31 heavy (non-hydrogen) atoms. The highest BCUT2D eigenvalue weighted by molar-refractivity contribution is 7.90. The van der Waals surface area contributed by atoms with E-state index < -0.39 is 21.5 Å². The summed E-state index contributed by atoms with van der Waals surface area (Å²) >= 11 is 0. The van der Waals surface area contributed by atoms with Gasteiger partial charge in [-0.25, -0.2) is 13.1 Å². The normalized spacial score (nSPS) is 18.8. The van der Waals surface area contributed by atoms with E-state index in [1.807, 2.05) is 19.9 Å². The number of nitrogens with zero attached hydrogens (tertiary/aromatic N) is 1. The van der Waals surface area contributed by atoms with Crippen molar-refractivity contribution in [1.82, 2.24) is 9.71 Å². The highest BCUT2D eigenvalue weighted by Gasteiger charge is 2.48. The van der Waals surface area contributed by atoms with Gasteiger partial charge in [-0.15, -0.1) is 0 Å². The zero-order valence-corrected chi connectivity index (χ0v) is 18.5. The first kappa shape index (κ1) is 21.3. The summed E-state index contributed by atoms with van der Waals surface area (Å²) in [5.74, 6) is -0.254. The number of fused-ring (bicyclic) bond motifs is 1. The van der Waals surface area contributed by atoms with Gasteiger partial charge in [0.15, 0.2) is 5.60 Å². The van der Waals surface area contributed by atoms with E-state index in [-0.39, 0.29) is 4.90 Å². The molecule has 1 amide bonds. The van der Waals surface area contributed by atoms with Crippen molar-refractivity contribution in [3.05, 3.63) is 65.4 Å². The number of carbonyl (C=O) groups is 1. The second-order valence-corrected chi connectivity index (χ2v) is 9.34. The Bertz CT molecular complexity index is 1260. The van der Waals surface area contributed by atoms with Crippen molar-refractivity contribution >= 4 is 26.8 Å². The van der Waals surface area contributed by atoms with E-state index in [1.165, 1.54) is 13.2 Å². The van der Waals surface area contributed by atoms with Crippen molar-refractivity contribution in [2.75, 3.05) is 13.7 Å². The smallest absolute Gasteiger partial charge is 0.270 e. The molecule has 0 spiro atoms. The third-order valence-corrected chi connectivity index (χ3v) is 6.92. The summed E-state index contributed by atoms with van der Waals surface area (Å²) in [4.78, 5) is 17.8. The number of aromatic nitrogens is 1. The van der Waals surface area contributed by atoms with Crippen LogP contribution < -0.4 is 9.46 Å². The summed E-state index contributed by atoms with van der Waals surface area (Å²) < 4.78 is 40.1. The van der Waals surface area contributed by atoms with Crippen LogP contribution in [0.4, 0.5) is 0 Å². The number of ether oxygens (including phenoxy) is 2. The summed E-state index contributed by atoms with van der Waals surface area (Å²) in [6, 6.07) is 13.7. The number of rotatable bonds is 5. The van der Waals surface area contributed by atoms with E-state index in [4.69, 9.17) is 9.47 Å². The molecule has 7 nitrogen and oxygen atoms in total. The molecule has 2 aromatic carbocycles. The first-order valence-corrected chi connectivity index (χ1v) is 11.5. The molecule has 2 heterocycles. The Labute approximate surface area is 181 Å². The Morgan fingerprint density at radius 3 is 2.68 bits per heavy atom. The molecule has 0 saturated carbocycles. The fourth-order valence-electron chi connectivity index (χ4n) is 4.01. The fraction of sp³-hybridized carbons (Fsp3) is 0.304. The second-order valence-electron chi connectivity index (χ2n) is 7.69. The number of benzene rings is 2. The minimum absolute atomic E-state index is 0.00444. The maximum Gasteiger partial charge on any atom is 0.270 e. The first-order valence-electron chi connectivity index (χ1n) is 9.99. The molecule has 0 bridgehead atoms. The molecule has 0 aliphatic carbocycles. The average Bonchev–Trinajstić information content (AvgIpc) is 3.24. The molecule has 1 atom stereocenters. The molecule has 1 aliphatic heterocycles. The van der Waals surface area contributed by atoms with Crippen LogP contribution >= 0.6 is 0 Å². The van der Waals surface area contributed by atoms with E-state index >= 15 is 0 Å². The van der Waals surface area contributed by atoms with Crippen LogP contribution in [-0.4, -0.2) is 33.0 Å². The van der Waals surface area contributed by atoms with Gasteiger partial charge in [0.1, 0.15) is 5.75 Å². The third-order valence-electron chi connectivity index (χ3n) is 5.53. The van der Waals surface area contributed by atoms with Gasteiger partial charge in [0.05, 0.1) is 17.5 Å². The number of carbonyl (C=O) groups excluding carboxylic acids is 1. The molecular formula is C23H24N2O5S. The van der Waals surface area contributed by atoms with Crippen LogP contribution in [0.3, 0.4) is 0 Å². The summed E-state index contributed by atoms with van der Waals surface area (Å²) in [7, 11) is -2.66. The van der Waals surface area contributed by atoms with Crippen molar-refractivity contribution in [3.63, 3.8) is 0 Å². The Hall–Kier alpha value is -2.97. The number of hydrogen-bond donors (Lipinski definition) is 1. The maximum atomic E-state index is 13.4. The zero-order valence-electron chi connectivity index (χ0n) is 17.6. The van der Waals surface area contributed by atoms with E-state index in [0.29, 0.717) is 41.7 Å². The minimum Gasteiger partial charge on any atom is -0.496 e. The van der Waals surface area contributed by atoms with Crippen molar-refractivity contribution in [3.8, 4) is 5.75 Å². The van der Waals surface area contributed by atoms with Crippen LogP contribution in [0.2, 0.25) is 0 Å². The first-order chi connectivity index (χ1) is 14.8. The topological polar surface area (TPSA) is 94.6 Å². The minimum atomic E-state index is -4.17. The fourth-order valence-corrected chi connectivity index (χ4v) is 5.25. The molecule has 4 rings (SSSR count). The Kier molecular flexibility index (Phi) is 5.45. The van der Waals surface area contributed by atoms with Crippen LogP contribution in [-0.2, 0) is 25.2 Å². The summed E-state index contributed by atoms with van der Waals surface area (Å²) in [5.41, 5.74) is 1.31. The Morgan fingerprint density at radius 1 is 1.16 bits per heavy atom. The van der Waals surface area contributed by atoms with Gasteiger partial charge in [-0.3, -0.25) is 9.78 Å². The van der Waals surface area contributed by atoms with Gasteiger partial charge in [-0.05, 0) is 63.1 Å². The SMILES string of the molecule is COc1ccc(C)cc1C1(C(=O)NS(=O)(=O)c2cccc3nc(C)ccc23)CCCO1. The predicted molar refractivity (Wildman–Crippen MR) is 116 cm³/mol. The monoisotopic (exact) mass is 440 g/mol. The molecule has 1 saturated heterocycles. The third kappa shape index (κ3) is 3.77. The van der Waals surface area contributed by atoms with Crippen LogP contribution in [0.25, 0.3) is 10.9 Å². The van der Waals surface area contributed by atoms with Gasteiger partial charge < -0.3 is 9.47 Å². The van der Waals surface area contributed by atoms with E-state index in [0.717, 1.165) is 11.3 Å². The number of nitrogens with one attached hydrogen (secondary N) is 1. The van der Waals surface area contributed by atoms with Gasteiger partial charge in [0, 0.05) is 23.3 Å². The highest BCUT2D eigenvalue weighted by Crippen LogP contribution is 2.42. The van der Waals surface area contributed by atoms with Crippen LogP contribution in [0.1, 0.15) is 29.7 Å². The van der Waals surface area contributed by atoms with Crippen molar-refractivity contribution in [1.29, 1.82) is 0 Å². The number of aryl methyl sites for hydroxylation is 2. The number of hydrogen-bond acceptors (Lipinski definition) is 6. The zero-order chi connectivity index (χ0) is 22.2. The lowest BCUT2D eigenvalue weighted by Gasteiger charge is -2.29. The van der Waals surface area contributed by atoms with Gasteiger partial charge in [-0.1, -0.05) is 17.7 Å². The standard InChI is InChI=1S/C23H24N2O5S/c1-15-8-11-20(29-3)18(14-15)23(12-5-13-30-23)22(26)25-31(27,28)21-7-4-6-19-17(21)10-9-16(2)24-19/h4,6-11,14H,5,12-13H2,1-3H3,(H,25,26). The Balaban J connectivity index is 1.77. The molecular weight excluding hydrogens is 416 g/mol. The van der Waals surface area contributed by atoms with Crippen molar-refractivity contribution in [2.24, 2.45) is 0 Å². The Morgan fingerprint density at radius 2 is 1.97 bits per heavy atom. The van der Waals surface area contributed by atoms with Crippen molar-refractivity contribution < 1.29 is 22.7 Å². The lowest BCUT2D eigenvalue weighted by molar-refractivity contribution is -0.140. The number of amides is 1. The van der Waals surface area contributed by atoms with E-state index in [2.05, 4.69) is 9.71 Å². The molecule has 1 aromatic heterocycles. The molecule has 3 aromatic rings. The van der Waals surface area contributed by atoms with E-state index in [9.17, 15) is 13.2 Å². The molecule has 8 heteroatoms. The van der Waals surface area contributed by atoms with Gasteiger partial charge in [0.2, 0.25) is 0 Å². The van der Waals surface area contributed by atoms with E-state index in [1.54, 1.807) is 36.4 Å². The predicted octanol–water partition coefficient (Wildman–Crippen LogP) is 3.37. The number of sulfonamides is 1. The van der Waals surface area contributed by atoms with Crippen molar-refractivity contribution in [2.45, 2.75) is 37.2 Å². The molecule has 1 fully saturated rings. The summed E-state index contributed by atoms with van der Waals surface area (Å²) in [6.07, 6.45) is 0.979. The quantitative estimate of drug-likeness (QED) is 0.654. The lowest BCUT2D eigenvalue weighted by atomic mass is 9.88. The summed E-state index contributed by atoms with van der Waals surface area (Å²) in [5, 5.41) is 0.447. The van der Waals surface area contributed by atoms with Crippen LogP contribution in [0.5, 0.6) is 5.75 Å². The molecule has 1 unspecified atom stereocenters. The second kappa shape index (κ2) is 7.94. The molecule has 0 radical (unpaired) electrons. The summed E-state index contributed by atoms with van der Waals surface area (Å²) in [6.45, 7) is 4.08. The van der Waals surface area contributed by atoms with Crippen LogP contribution in [0.15, 0.2) is 53.4 Å². The average molecular weight is 441 g/mol. The lowest BCUT2D eigenvalue weighted by Crippen LogP contribution is -2.46. The maximum absolute atomic E-state index is 13.4. The molecule has 1 aliphatic rings. The number of methoxy groups -OCH3 is 1. The number of pyridine rings is 1. The van der Waals surface area contributed by atoms with Gasteiger partial charge >= 0.3 is 0 Å². The highest BCUT2D eigenvalue weighted by atomic mass is 32.2. The molecule has 162 valence electrons. The molecule has 1 N–H and O–H groups in total.